The highest BCUT2D eigenvalue weighted by atomic mass is 35.5. The summed E-state index contributed by atoms with van der Waals surface area (Å²) in [5, 5.41) is 9.56. The summed E-state index contributed by atoms with van der Waals surface area (Å²) in [5.74, 6) is 0. The van der Waals surface area contributed by atoms with Crippen molar-refractivity contribution in [3.63, 3.8) is 0 Å². The maximum atomic E-state index is 12.3. The minimum atomic E-state index is -3.65. The lowest BCUT2D eigenvalue weighted by Gasteiger charge is -2.06. The highest BCUT2D eigenvalue weighted by molar-refractivity contribution is 7.89. The van der Waals surface area contributed by atoms with Gasteiger partial charge < -0.3 is 5.32 Å². The number of aromatic amines is 1. The monoisotopic (exact) mass is 334 g/mol. The average molecular weight is 335 g/mol. The van der Waals surface area contributed by atoms with Crippen LogP contribution in [0.3, 0.4) is 0 Å². The molecule has 3 N–H and O–H groups in total. The summed E-state index contributed by atoms with van der Waals surface area (Å²) in [6.45, 7) is 2.42. The van der Waals surface area contributed by atoms with Gasteiger partial charge in [-0.25, -0.2) is 13.1 Å². The van der Waals surface area contributed by atoms with Crippen molar-refractivity contribution in [2.75, 3.05) is 7.05 Å². The van der Waals surface area contributed by atoms with Crippen LogP contribution in [0.4, 0.5) is 0 Å². The summed E-state index contributed by atoms with van der Waals surface area (Å²) in [4.78, 5) is 0.848. The first kappa shape index (κ1) is 15.5. The van der Waals surface area contributed by atoms with Crippen LogP contribution in [-0.2, 0) is 23.1 Å². The second-order valence-corrected chi connectivity index (χ2v) is 7.67. The van der Waals surface area contributed by atoms with E-state index in [-0.39, 0.29) is 11.6 Å². The zero-order valence-electron chi connectivity index (χ0n) is 11.0. The van der Waals surface area contributed by atoms with Crippen LogP contribution in [0.2, 0.25) is 4.34 Å². The van der Waals surface area contributed by atoms with Crippen molar-refractivity contribution in [2.45, 2.75) is 25.0 Å². The summed E-state index contributed by atoms with van der Waals surface area (Å²) in [7, 11) is -1.90. The SMILES string of the molecule is CNCc1c(S(=O)(=O)NCc2ccc(Cl)s2)n[nH]c1C. The third kappa shape index (κ3) is 3.39. The first-order valence-corrected chi connectivity index (χ1v) is 8.54. The van der Waals surface area contributed by atoms with Gasteiger partial charge in [-0.3, -0.25) is 5.10 Å². The van der Waals surface area contributed by atoms with Gasteiger partial charge in [-0.05, 0) is 26.1 Å². The lowest BCUT2D eigenvalue weighted by molar-refractivity contribution is 0.575. The van der Waals surface area contributed by atoms with Gasteiger partial charge in [-0.2, -0.15) is 5.10 Å². The Labute approximate surface area is 126 Å². The predicted molar refractivity (Wildman–Crippen MR) is 79.4 cm³/mol. The molecular weight excluding hydrogens is 320 g/mol. The molecule has 20 heavy (non-hydrogen) atoms. The van der Waals surface area contributed by atoms with Gasteiger partial charge in [0.2, 0.25) is 0 Å². The highest BCUT2D eigenvalue weighted by Crippen LogP contribution is 2.22. The largest absolute Gasteiger partial charge is 0.316 e. The second-order valence-electron chi connectivity index (χ2n) is 4.19. The fraction of sp³-hybridized carbons (Fsp3) is 0.364. The van der Waals surface area contributed by atoms with E-state index in [4.69, 9.17) is 11.6 Å². The first-order valence-electron chi connectivity index (χ1n) is 5.86. The Morgan fingerprint density at radius 3 is 2.75 bits per heavy atom. The topological polar surface area (TPSA) is 86.9 Å². The van der Waals surface area contributed by atoms with E-state index in [1.165, 1.54) is 11.3 Å². The quantitative estimate of drug-likeness (QED) is 0.749. The molecule has 0 aliphatic rings. The van der Waals surface area contributed by atoms with E-state index >= 15 is 0 Å². The molecule has 110 valence electrons. The minimum Gasteiger partial charge on any atom is -0.316 e. The Hall–Kier alpha value is -0.930. The molecule has 0 bridgehead atoms. The lowest BCUT2D eigenvalue weighted by Crippen LogP contribution is -2.25. The van der Waals surface area contributed by atoms with Gasteiger partial charge in [-0.15, -0.1) is 11.3 Å². The molecule has 0 spiro atoms. The number of nitrogens with zero attached hydrogens (tertiary/aromatic N) is 1. The number of thiophene rings is 1. The molecule has 0 aliphatic heterocycles. The van der Waals surface area contributed by atoms with Crippen molar-refractivity contribution in [2.24, 2.45) is 0 Å². The van der Waals surface area contributed by atoms with E-state index in [2.05, 4.69) is 20.2 Å². The number of nitrogens with one attached hydrogen (secondary N) is 3. The predicted octanol–water partition coefficient (Wildman–Crippen LogP) is 1.63. The summed E-state index contributed by atoms with van der Waals surface area (Å²) in [5.41, 5.74) is 1.38. The number of aromatic nitrogens is 2. The van der Waals surface area contributed by atoms with E-state index in [9.17, 15) is 8.42 Å². The van der Waals surface area contributed by atoms with Crippen LogP contribution < -0.4 is 10.0 Å². The van der Waals surface area contributed by atoms with Crippen LogP contribution in [-0.4, -0.2) is 25.7 Å². The van der Waals surface area contributed by atoms with E-state index < -0.39 is 10.0 Å². The van der Waals surface area contributed by atoms with Crippen molar-refractivity contribution in [3.8, 4) is 0 Å². The van der Waals surface area contributed by atoms with E-state index in [1.54, 1.807) is 26.1 Å². The molecule has 0 fully saturated rings. The third-order valence-electron chi connectivity index (χ3n) is 2.71. The molecule has 2 heterocycles. The fourth-order valence-corrected chi connectivity index (χ4v) is 4.03. The summed E-state index contributed by atoms with van der Waals surface area (Å²) >= 11 is 7.15. The standard InChI is InChI=1S/C11H15ClN4O2S2/c1-7-9(6-13-2)11(16-15-7)20(17,18)14-5-8-3-4-10(12)19-8/h3-4,13-14H,5-6H2,1-2H3,(H,15,16). The molecule has 0 radical (unpaired) electrons. The molecule has 9 heteroatoms. The molecule has 0 unspecified atom stereocenters. The Bertz CT molecular complexity index is 693. The van der Waals surface area contributed by atoms with Crippen LogP contribution in [0, 0.1) is 6.92 Å². The van der Waals surface area contributed by atoms with Gasteiger partial charge in [-0.1, -0.05) is 11.6 Å². The molecule has 2 aromatic rings. The molecule has 0 aliphatic carbocycles. The molecule has 0 aromatic carbocycles. The van der Waals surface area contributed by atoms with Gasteiger partial charge in [0.1, 0.15) is 0 Å². The van der Waals surface area contributed by atoms with E-state index in [0.29, 0.717) is 16.4 Å². The molecule has 0 amide bonds. The van der Waals surface area contributed by atoms with Crippen molar-refractivity contribution in [1.82, 2.24) is 20.2 Å². The van der Waals surface area contributed by atoms with E-state index in [0.717, 1.165) is 10.6 Å². The van der Waals surface area contributed by atoms with Crippen molar-refractivity contribution >= 4 is 33.0 Å². The Balaban J connectivity index is 2.18. The normalized spacial score (nSPS) is 11.9. The zero-order chi connectivity index (χ0) is 14.8. The van der Waals surface area contributed by atoms with Crippen molar-refractivity contribution in [3.05, 3.63) is 32.6 Å². The number of hydrogen-bond donors (Lipinski definition) is 3. The van der Waals surface area contributed by atoms with Crippen LogP contribution in [0.15, 0.2) is 17.2 Å². The average Bonchev–Trinajstić information content (AvgIpc) is 2.96. The number of halogens is 1. The lowest BCUT2D eigenvalue weighted by atomic mass is 10.3. The van der Waals surface area contributed by atoms with Gasteiger partial charge in [0, 0.05) is 29.2 Å². The summed E-state index contributed by atoms with van der Waals surface area (Å²) < 4.78 is 27.7. The maximum absolute atomic E-state index is 12.3. The Kier molecular flexibility index (Phi) is 4.82. The maximum Gasteiger partial charge on any atom is 0.260 e. The summed E-state index contributed by atoms with van der Waals surface area (Å²) in [6.07, 6.45) is 0. The molecule has 2 aromatic heterocycles. The van der Waals surface area contributed by atoms with Crippen LogP contribution in [0.5, 0.6) is 0 Å². The van der Waals surface area contributed by atoms with Gasteiger partial charge in [0.25, 0.3) is 10.0 Å². The van der Waals surface area contributed by atoms with Gasteiger partial charge in [0.05, 0.1) is 4.34 Å². The summed E-state index contributed by atoms with van der Waals surface area (Å²) in [6, 6.07) is 3.53. The van der Waals surface area contributed by atoms with E-state index in [1.807, 2.05) is 0 Å². The number of hydrogen-bond acceptors (Lipinski definition) is 5. The molecule has 6 nitrogen and oxygen atoms in total. The van der Waals surface area contributed by atoms with Crippen LogP contribution in [0.25, 0.3) is 0 Å². The van der Waals surface area contributed by atoms with Gasteiger partial charge in [0.15, 0.2) is 5.03 Å². The number of H-pyrrole nitrogens is 1. The van der Waals surface area contributed by atoms with Crippen LogP contribution in [0.1, 0.15) is 16.1 Å². The first-order chi connectivity index (χ1) is 9.44. The molecular formula is C11H15ClN4O2S2. The third-order valence-corrected chi connectivity index (χ3v) is 5.31. The second kappa shape index (κ2) is 6.23. The molecule has 2 rings (SSSR count). The highest BCUT2D eigenvalue weighted by Gasteiger charge is 2.23. The van der Waals surface area contributed by atoms with Gasteiger partial charge >= 0.3 is 0 Å². The smallest absolute Gasteiger partial charge is 0.260 e. The molecule has 0 atom stereocenters. The number of rotatable bonds is 6. The van der Waals surface area contributed by atoms with Crippen LogP contribution >= 0.6 is 22.9 Å². The Morgan fingerprint density at radius 1 is 1.40 bits per heavy atom. The molecule has 0 saturated heterocycles. The number of aryl methyl sites for hydroxylation is 1. The number of sulfonamides is 1. The van der Waals surface area contributed by atoms with Crippen molar-refractivity contribution in [1.29, 1.82) is 0 Å². The minimum absolute atomic E-state index is 0.0343. The molecule has 0 saturated carbocycles. The zero-order valence-corrected chi connectivity index (χ0v) is 13.4. The van der Waals surface area contributed by atoms with Crippen molar-refractivity contribution < 1.29 is 8.42 Å². The Morgan fingerprint density at radius 2 is 2.15 bits per heavy atom. The fourth-order valence-electron chi connectivity index (χ4n) is 1.72.